The van der Waals surface area contributed by atoms with E-state index in [0.29, 0.717) is 17.1 Å². The number of carbonyl (C=O) groups excluding carboxylic acids is 3. The van der Waals surface area contributed by atoms with Gasteiger partial charge in [0.2, 0.25) is 18.6 Å². The summed E-state index contributed by atoms with van der Waals surface area (Å²) in [5.41, 5.74) is 1.68. The van der Waals surface area contributed by atoms with Crippen LogP contribution in [0.3, 0.4) is 0 Å². The van der Waals surface area contributed by atoms with Crippen molar-refractivity contribution in [2.24, 2.45) is 11.8 Å². The molecular weight excluding hydrogens is 518 g/mol. The first kappa shape index (κ1) is 23.9. The fourth-order valence-electron chi connectivity index (χ4n) is 6.28. The van der Waals surface area contributed by atoms with Gasteiger partial charge in [-0.05, 0) is 41.5 Å². The molecule has 2 amide bonds. The van der Waals surface area contributed by atoms with Crippen LogP contribution in [0.1, 0.15) is 27.5 Å². The molecule has 40 heavy (non-hydrogen) atoms. The summed E-state index contributed by atoms with van der Waals surface area (Å²) in [4.78, 5) is 56.1. The Bertz CT molecular complexity index is 1670. The maximum absolute atomic E-state index is 14.2. The highest BCUT2D eigenvalue weighted by atomic mass is 16.7. The smallest absolute Gasteiger partial charge is 0.271 e. The molecule has 4 aliphatic rings. The maximum atomic E-state index is 14.2. The molecule has 200 valence electrons. The lowest BCUT2D eigenvalue weighted by atomic mass is 9.83. The van der Waals surface area contributed by atoms with Gasteiger partial charge < -0.3 is 19.1 Å². The van der Waals surface area contributed by atoms with Crippen LogP contribution in [0.5, 0.6) is 17.2 Å². The highest BCUT2D eigenvalue weighted by Gasteiger charge is 2.65. The highest BCUT2D eigenvalue weighted by Crippen LogP contribution is 2.54. The summed E-state index contributed by atoms with van der Waals surface area (Å²) in [7, 11) is 1.35. The molecule has 11 nitrogen and oxygen atoms in total. The van der Waals surface area contributed by atoms with Gasteiger partial charge in [0.1, 0.15) is 17.5 Å². The van der Waals surface area contributed by atoms with Crippen molar-refractivity contribution in [3.05, 3.63) is 93.7 Å². The molecule has 0 aliphatic carbocycles. The lowest BCUT2D eigenvalue weighted by molar-refractivity contribution is -0.384. The molecule has 11 heteroatoms. The van der Waals surface area contributed by atoms with Gasteiger partial charge in [-0.3, -0.25) is 24.5 Å². The summed E-state index contributed by atoms with van der Waals surface area (Å²) in [5, 5.41) is 11.5. The molecule has 0 bridgehead atoms. The minimum Gasteiger partial charge on any atom is -0.495 e. The minimum absolute atomic E-state index is 0.0263. The quantitative estimate of drug-likeness (QED) is 0.206. The third kappa shape index (κ3) is 3.27. The number of carbonyl (C=O) groups is 3. The van der Waals surface area contributed by atoms with Crippen LogP contribution in [-0.4, -0.2) is 47.4 Å². The van der Waals surface area contributed by atoms with Crippen LogP contribution in [0.2, 0.25) is 0 Å². The first-order valence-corrected chi connectivity index (χ1v) is 12.6. The fraction of sp³-hybridized carbons (Fsp3) is 0.207. The predicted octanol–water partition coefficient (Wildman–Crippen LogP) is 3.73. The molecule has 0 saturated carbocycles. The minimum atomic E-state index is -1.05. The molecule has 4 atom stereocenters. The van der Waals surface area contributed by atoms with Gasteiger partial charge in [-0.1, -0.05) is 24.3 Å². The second-order valence-corrected chi connectivity index (χ2v) is 9.89. The van der Waals surface area contributed by atoms with Crippen molar-refractivity contribution in [3.63, 3.8) is 0 Å². The van der Waals surface area contributed by atoms with Gasteiger partial charge in [0.15, 0.2) is 17.3 Å². The Labute approximate surface area is 227 Å². The van der Waals surface area contributed by atoms with Gasteiger partial charge in [-0.15, -0.1) is 0 Å². The summed E-state index contributed by atoms with van der Waals surface area (Å²) >= 11 is 0. The number of Topliss-reactive ketones (excluding diaryl/α,β-unsaturated/α-hetero) is 1. The Balaban J connectivity index is 1.37. The van der Waals surface area contributed by atoms with E-state index in [-0.39, 0.29) is 29.7 Å². The Kier molecular flexibility index (Phi) is 5.18. The number of hydrogen-bond acceptors (Lipinski definition) is 9. The number of benzene rings is 3. The Morgan fingerprint density at radius 2 is 1.77 bits per heavy atom. The summed E-state index contributed by atoms with van der Waals surface area (Å²) < 4.78 is 16.2. The number of anilines is 1. The molecule has 0 unspecified atom stereocenters. The van der Waals surface area contributed by atoms with Crippen LogP contribution in [0, 0.1) is 22.0 Å². The van der Waals surface area contributed by atoms with E-state index >= 15 is 0 Å². The van der Waals surface area contributed by atoms with Gasteiger partial charge in [0.05, 0.1) is 29.9 Å². The molecule has 2 fully saturated rings. The Hall–Kier alpha value is -5.19. The number of imide groups is 1. The van der Waals surface area contributed by atoms with E-state index in [9.17, 15) is 24.5 Å². The zero-order valence-electron chi connectivity index (χ0n) is 21.1. The summed E-state index contributed by atoms with van der Waals surface area (Å²) in [6, 6.07) is 14.5. The molecule has 0 radical (unpaired) electrons. The molecule has 0 spiro atoms. The third-order valence-corrected chi connectivity index (χ3v) is 8.00. The van der Waals surface area contributed by atoms with E-state index < -0.39 is 40.7 Å². The van der Waals surface area contributed by atoms with Gasteiger partial charge >= 0.3 is 0 Å². The van der Waals surface area contributed by atoms with Crippen molar-refractivity contribution in [2.45, 2.75) is 12.1 Å². The van der Waals surface area contributed by atoms with Gasteiger partial charge in [0.25, 0.3) is 5.69 Å². The number of ketones is 1. The number of fused-ring (bicyclic) bond motifs is 6. The monoisotopic (exact) mass is 539 g/mol. The maximum Gasteiger partial charge on any atom is 0.271 e. The molecule has 3 aromatic rings. The molecule has 7 rings (SSSR count). The number of nitro groups is 1. The van der Waals surface area contributed by atoms with Crippen LogP contribution in [0.25, 0.3) is 6.08 Å². The number of non-ortho nitro benzene ring substituents is 1. The SMILES string of the molecule is COc1ccc([N+](=O)[O-])cc1N1C(=O)[C@@H]2[C@@H](C1=O)[C@@H]1c3ccccc3C=CN1[C@@H]2C(=O)c1ccc2c(c1)OCO2. The largest absolute Gasteiger partial charge is 0.495 e. The predicted molar refractivity (Wildman–Crippen MR) is 140 cm³/mol. The van der Waals surface area contributed by atoms with Crippen LogP contribution >= 0.6 is 0 Å². The van der Waals surface area contributed by atoms with Crippen molar-refractivity contribution < 1.29 is 33.5 Å². The van der Waals surface area contributed by atoms with Crippen molar-refractivity contribution in [2.75, 3.05) is 18.8 Å². The van der Waals surface area contributed by atoms with Crippen molar-refractivity contribution in [1.29, 1.82) is 0 Å². The van der Waals surface area contributed by atoms with Crippen LogP contribution in [0.4, 0.5) is 11.4 Å². The zero-order chi connectivity index (χ0) is 27.7. The number of rotatable bonds is 5. The van der Waals surface area contributed by atoms with Crippen molar-refractivity contribution in [1.82, 2.24) is 4.90 Å². The standard InChI is InChI=1S/C29H21N3O8/c1-38-20-9-7-17(32(36)37)13-19(20)31-28(34)23-24(29(31)35)26(27(33)16-6-8-21-22(12-16)40-14-39-21)30-11-10-15-4-2-3-5-18(15)25(23)30/h2-13,23-26H,14H2,1H3/t23-,24-,25+,26+/m1/s1. The lowest BCUT2D eigenvalue weighted by Gasteiger charge is -2.35. The Morgan fingerprint density at radius 3 is 2.58 bits per heavy atom. The number of amides is 2. The number of hydrogen-bond donors (Lipinski definition) is 0. The number of nitrogens with zero attached hydrogens (tertiary/aromatic N) is 3. The highest BCUT2D eigenvalue weighted by molar-refractivity contribution is 6.25. The number of methoxy groups -OCH3 is 1. The molecular formula is C29H21N3O8. The summed E-state index contributed by atoms with van der Waals surface area (Å²) in [5.74, 6) is -2.40. The summed E-state index contributed by atoms with van der Waals surface area (Å²) in [6.07, 6.45) is 3.63. The van der Waals surface area contributed by atoms with E-state index in [4.69, 9.17) is 14.2 Å². The molecule has 4 aliphatic heterocycles. The van der Waals surface area contributed by atoms with E-state index in [0.717, 1.165) is 22.1 Å². The van der Waals surface area contributed by atoms with E-state index in [2.05, 4.69) is 0 Å². The normalized spacial score (nSPS) is 23.6. The second kappa shape index (κ2) is 8.67. The van der Waals surface area contributed by atoms with Crippen molar-refractivity contribution >= 4 is 35.0 Å². The van der Waals surface area contributed by atoms with Crippen LogP contribution < -0.4 is 19.1 Å². The van der Waals surface area contributed by atoms with Crippen LogP contribution in [0.15, 0.2) is 66.9 Å². The second-order valence-electron chi connectivity index (χ2n) is 9.89. The van der Waals surface area contributed by atoms with Gasteiger partial charge in [-0.25, -0.2) is 4.90 Å². The van der Waals surface area contributed by atoms with E-state index in [1.807, 2.05) is 30.3 Å². The van der Waals surface area contributed by atoms with Gasteiger partial charge in [-0.2, -0.15) is 0 Å². The first-order chi connectivity index (χ1) is 19.4. The Morgan fingerprint density at radius 1 is 1.00 bits per heavy atom. The van der Waals surface area contributed by atoms with Crippen LogP contribution in [-0.2, 0) is 9.59 Å². The van der Waals surface area contributed by atoms with E-state index in [1.165, 1.54) is 19.2 Å². The first-order valence-electron chi connectivity index (χ1n) is 12.6. The van der Waals surface area contributed by atoms with Crippen molar-refractivity contribution in [3.8, 4) is 17.2 Å². The molecule has 0 N–H and O–H groups in total. The average Bonchev–Trinajstić information content (AvgIpc) is 3.65. The third-order valence-electron chi connectivity index (χ3n) is 8.00. The zero-order valence-corrected chi connectivity index (χ0v) is 21.1. The lowest BCUT2D eigenvalue weighted by Crippen LogP contribution is -2.44. The molecule has 0 aromatic heterocycles. The fourth-order valence-corrected chi connectivity index (χ4v) is 6.28. The summed E-state index contributed by atoms with van der Waals surface area (Å²) in [6.45, 7) is 0.0435. The molecule has 2 saturated heterocycles. The van der Waals surface area contributed by atoms with Gasteiger partial charge in [0, 0.05) is 23.9 Å². The molecule has 4 heterocycles. The topological polar surface area (TPSA) is 129 Å². The number of nitro benzene ring substituents is 1. The number of ether oxygens (including phenoxy) is 3. The van der Waals surface area contributed by atoms with E-state index in [1.54, 1.807) is 29.3 Å². The average molecular weight is 540 g/mol. The molecule has 3 aromatic carbocycles.